The molecule has 31 heavy (non-hydrogen) atoms. The highest BCUT2D eigenvalue weighted by molar-refractivity contribution is 7.98. The molecule has 0 aliphatic rings. The van der Waals surface area contributed by atoms with E-state index in [1.54, 1.807) is 49.8 Å². The van der Waals surface area contributed by atoms with Gasteiger partial charge < -0.3 is 14.8 Å². The Morgan fingerprint density at radius 3 is 2.61 bits per heavy atom. The van der Waals surface area contributed by atoms with Crippen LogP contribution in [-0.2, 0) is 16.3 Å². The van der Waals surface area contributed by atoms with Crippen molar-refractivity contribution in [3.63, 3.8) is 0 Å². The summed E-state index contributed by atoms with van der Waals surface area (Å²) in [4.78, 5) is 13.3. The molecule has 3 N–H and O–H groups in total. The summed E-state index contributed by atoms with van der Waals surface area (Å²) >= 11 is 0. The fraction of sp³-hybridized carbons (Fsp3) is 0.0909. The lowest BCUT2D eigenvalue weighted by molar-refractivity contribution is 0.285. The molecule has 4 aromatic rings. The summed E-state index contributed by atoms with van der Waals surface area (Å²) in [5, 5.41) is 9.60. The van der Waals surface area contributed by atoms with Crippen molar-refractivity contribution in [1.82, 2.24) is 15.0 Å². The maximum atomic E-state index is 11.8. The molecule has 0 saturated heterocycles. The van der Waals surface area contributed by atoms with Gasteiger partial charge in [0.15, 0.2) is 11.5 Å². The molecule has 8 nitrogen and oxygen atoms in total. The van der Waals surface area contributed by atoms with Gasteiger partial charge in [0.1, 0.15) is 18.8 Å². The van der Waals surface area contributed by atoms with E-state index in [1.807, 2.05) is 18.2 Å². The Morgan fingerprint density at radius 1 is 1.13 bits per heavy atom. The van der Waals surface area contributed by atoms with Crippen molar-refractivity contribution in [1.29, 1.82) is 0 Å². The molecule has 0 aliphatic heterocycles. The number of pyridine rings is 1. The molecule has 0 fully saturated rings. The molecule has 158 valence electrons. The summed E-state index contributed by atoms with van der Waals surface area (Å²) in [6.07, 6.45) is 4.90. The van der Waals surface area contributed by atoms with Crippen LogP contribution in [0.5, 0.6) is 11.5 Å². The molecule has 0 spiro atoms. The number of nitrogens with two attached hydrogens (primary N) is 1. The number of anilines is 2. The maximum absolute atomic E-state index is 11.8. The van der Waals surface area contributed by atoms with Crippen LogP contribution >= 0.6 is 0 Å². The first-order valence-corrected chi connectivity index (χ1v) is 11.1. The number of ether oxygens (including phenoxy) is 2. The van der Waals surface area contributed by atoms with Gasteiger partial charge in [-0.15, -0.1) is 0 Å². The molecule has 1 atom stereocenters. The van der Waals surface area contributed by atoms with E-state index in [4.69, 9.17) is 14.6 Å². The van der Waals surface area contributed by atoms with Crippen LogP contribution in [0, 0.1) is 0 Å². The van der Waals surface area contributed by atoms with Gasteiger partial charge in [-0.1, -0.05) is 12.1 Å². The van der Waals surface area contributed by atoms with E-state index in [1.165, 1.54) is 6.33 Å². The fourth-order valence-electron chi connectivity index (χ4n) is 2.99. The van der Waals surface area contributed by atoms with Crippen molar-refractivity contribution in [2.75, 3.05) is 12.4 Å². The minimum atomic E-state index is -2.73. The lowest BCUT2D eigenvalue weighted by Gasteiger charge is -2.14. The molecule has 0 bridgehead atoms. The highest BCUT2D eigenvalue weighted by Gasteiger charge is 2.12. The van der Waals surface area contributed by atoms with Crippen LogP contribution in [0.1, 0.15) is 5.56 Å². The van der Waals surface area contributed by atoms with E-state index < -0.39 is 9.71 Å². The number of fused-ring (bicyclic) bond motifs is 1. The Kier molecular flexibility index (Phi) is 5.70. The highest BCUT2D eigenvalue weighted by atomic mass is 32.2. The predicted octanol–water partition coefficient (Wildman–Crippen LogP) is 3.31. The third kappa shape index (κ3) is 4.73. The standard InChI is InChI=1S/C22H21N5O3S/c1-29-20-10-18-19(25-14-26-22(18)27-16-4-3-9-24-12-16)11-21(20)30-13-15-5-7-17(8-6-15)31(2,23)28/h3-12,14H,2,13H2,1H3,(H2,23,28)(H,25,26,27). The molecule has 0 radical (unpaired) electrons. The Hall–Kier alpha value is -3.69. The minimum Gasteiger partial charge on any atom is -0.493 e. The SMILES string of the molecule is C=S(N)(=O)c1ccc(COc2cc3ncnc(Nc4cccnc4)c3cc2OC)cc1. The van der Waals surface area contributed by atoms with Crippen molar-refractivity contribution in [2.24, 2.45) is 5.14 Å². The van der Waals surface area contributed by atoms with E-state index in [0.29, 0.717) is 27.7 Å². The minimum absolute atomic E-state index is 0.289. The zero-order valence-electron chi connectivity index (χ0n) is 16.8. The number of aromatic nitrogens is 3. The first-order valence-electron chi connectivity index (χ1n) is 9.30. The van der Waals surface area contributed by atoms with Gasteiger partial charge in [-0.3, -0.25) is 10.1 Å². The van der Waals surface area contributed by atoms with Gasteiger partial charge in [-0.05, 0) is 41.8 Å². The van der Waals surface area contributed by atoms with Crippen molar-refractivity contribution >= 4 is 38.0 Å². The highest BCUT2D eigenvalue weighted by Crippen LogP contribution is 2.35. The van der Waals surface area contributed by atoms with Gasteiger partial charge >= 0.3 is 0 Å². The summed E-state index contributed by atoms with van der Waals surface area (Å²) in [6, 6.07) is 14.4. The fourth-order valence-corrected chi connectivity index (χ4v) is 3.58. The lowest BCUT2D eigenvalue weighted by atomic mass is 10.2. The summed E-state index contributed by atoms with van der Waals surface area (Å²) in [7, 11) is -1.16. The van der Waals surface area contributed by atoms with Gasteiger partial charge in [0.25, 0.3) is 0 Å². The predicted molar refractivity (Wildman–Crippen MR) is 122 cm³/mol. The molecular weight excluding hydrogens is 414 g/mol. The van der Waals surface area contributed by atoms with Gasteiger partial charge in [-0.2, -0.15) is 0 Å². The summed E-state index contributed by atoms with van der Waals surface area (Å²) in [5.74, 6) is 5.22. The maximum Gasteiger partial charge on any atom is 0.163 e. The molecule has 2 heterocycles. The molecule has 9 heteroatoms. The Bertz CT molecular complexity index is 1310. The quantitative estimate of drug-likeness (QED) is 0.428. The largest absolute Gasteiger partial charge is 0.493 e. The van der Waals surface area contributed by atoms with E-state index >= 15 is 0 Å². The zero-order chi connectivity index (χ0) is 21.8. The van der Waals surface area contributed by atoms with Gasteiger partial charge in [-0.25, -0.2) is 14.2 Å². The number of rotatable bonds is 7. The van der Waals surface area contributed by atoms with E-state index in [2.05, 4.69) is 26.1 Å². The van der Waals surface area contributed by atoms with Crippen LogP contribution in [0.2, 0.25) is 0 Å². The molecule has 0 aliphatic carbocycles. The lowest BCUT2D eigenvalue weighted by Crippen LogP contribution is -2.11. The van der Waals surface area contributed by atoms with Crippen LogP contribution in [0.4, 0.5) is 11.5 Å². The number of nitrogens with one attached hydrogen (secondary N) is 1. The first-order chi connectivity index (χ1) is 14.9. The molecular formula is C22H21N5O3S. The van der Waals surface area contributed by atoms with Crippen LogP contribution in [0.15, 0.2) is 72.1 Å². The average molecular weight is 436 g/mol. The zero-order valence-corrected chi connectivity index (χ0v) is 17.6. The summed E-state index contributed by atoms with van der Waals surface area (Å²) < 4.78 is 23.3. The molecule has 1 unspecified atom stereocenters. The second-order valence-electron chi connectivity index (χ2n) is 6.77. The number of hydrogen-bond acceptors (Lipinski definition) is 7. The van der Waals surface area contributed by atoms with Crippen molar-refractivity contribution < 1.29 is 13.7 Å². The third-order valence-corrected chi connectivity index (χ3v) is 5.63. The van der Waals surface area contributed by atoms with E-state index in [-0.39, 0.29) is 6.61 Å². The van der Waals surface area contributed by atoms with Gasteiger partial charge in [0, 0.05) is 22.5 Å². The number of nitrogens with zero attached hydrogens (tertiary/aromatic N) is 3. The van der Waals surface area contributed by atoms with Crippen molar-refractivity contribution in [2.45, 2.75) is 11.5 Å². The molecule has 2 aromatic carbocycles. The van der Waals surface area contributed by atoms with Crippen LogP contribution in [0.25, 0.3) is 10.9 Å². The molecule has 4 rings (SSSR count). The van der Waals surface area contributed by atoms with E-state index in [0.717, 1.165) is 16.6 Å². The Labute approximate surface area is 180 Å². The monoisotopic (exact) mass is 435 g/mol. The Morgan fingerprint density at radius 2 is 1.94 bits per heavy atom. The van der Waals surface area contributed by atoms with Crippen LogP contribution in [0.3, 0.4) is 0 Å². The van der Waals surface area contributed by atoms with Crippen molar-refractivity contribution in [3.05, 3.63) is 72.8 Å². The number of hydrogen-bond donors (Lipinski definition) is 2. The van der Waals surface area contributed by atoms with E-state index in [9.17, 15) is 4.21 Å². The van der Waals surface area contributed by atoms with Crippen LogP contribution < -0.4 is 19.9 Å². The topological polar surface area (TPSA) is 112 Å². The third-order valence-electron chi connectivity index (χ3n) is 4.56. The average Bonchev–Trinajstić information content (AvgIpc) is 2.77. The second-order valence-corrected chi connectivity index (χ2v) is 8.69. The van der Waals surface area contributed by atoms with Crippen LogP contribution in [-0.4, -0.2) is 32.1 Å². The smallest absolute Gasteiger partial charge is 0.163 e. The second kappa shape index (κ2) is 8.58. The molecule has 0 saturated carbocycles. The summed E-state index contributed by atoms with van der Waals surface area (Å²) in [6.45, 7) is 0.289. The first kappa shape index (κ1) is 20.6. The van der Waals surface area contributed by atoms with Gasteiger partial charge in [0.2, 0.25) is 0 Å². The number of methoxy groups -OCH3 is 1. The Balaban J connectivity index is 1.60. The molecule has 0 amide bonds. The van der Waals surface area contributed by atoms with Gasteiger partial charge in [0.05, 0.1) is 34.2 Å². The van der Waals surface area contributed by atoms with Crippen molar-refractivity contribution in [3.8, 4) is 11.5 Å². The number of benzene rings is 2. The molecule has 2 aromatic heterocycles. The normalized spacial score (nSPS) is 12.8. The summed E-state index contributed by atoms with van der Waals surface area (Å²) in [5.41, 5.74) is 2.40.